The lowest BCUT2D eigenvalue weighted by Gasteiger charge is -2.23. The van der Waals surface area contributed by atoms with Gasteiger partial charge in [0, 0.05) is 30.2 Å². The van der Waals surface area contributed by atoms with Crippen LogP contribution in [0, 0.1) is 5.82 Å². The van der Waals surface area contributed by atoms with Gasteiger partial charge in [0.2, 0.25) is 10.0 Å². The largest absolute Gasteiger partial charge is 0.310 e. The van der Waals surface area contributed by atoms with Crippen molar-refractivity contribution in [1.82, 2.24) is 9.62 Å². The molecular formula is C13H16ClFN2O2S. The molecule has 2 atom stereocenters. The van der Waals surface area contributed by atoms with Gasteiger partial charge in [0.1, 0.15) is 5.82 Å². The molecule has 0 aromatic heterocycles. The molecule has 20 heavy (non-hydrogen) atoms. The molecule has 0 spiro atoms. The topological polar surface area (TPSA) is 49.4 Å². The molecule has 3 rings (SSSR count). The van der Waals surface area contributed by atoms with E-state index in [0.717, 1.165) is 31.4 Å². The molecule has 0 aliphatic carbocycles. The average Bonchev–Trinajstić information content (AvgIpc) is 2.67. The summed E-state index contributed by atoms with van der Waals surface area (Å²) in [6, 6.07) is 4.03. The molecule has 2 heterocycles. The smallest absolute Gasteiger partial charge is 0.243 e. The standard InChI is InChI=1S/C13H16ClFN2O2S/c14-9-5-10(15)7-13(6-9)20(18,19)17-4-3-11-1-2-12(8-17)16-11/h5-7,11-12,16H,1-4,8H2. The maximum Gasteiger partial charge on any atom is 0.243 e. The molecule has 2 saturated heterocycles. The molecule has 110 valence electrons. The Bertz CT molecular complexity index is 603. The number of sulfonamides is 1. The first-order chi connectivity index (χ1) is 9.45. The Hall–Kier alpha value is -0.690. The van der Waals surface area contributed by atoms with Crippen molar-refractivity contribution >= 4 is 21.6 Å². The zero-order valence-electron chi connectivity index (χ0n) is 10.9. The minimum absolute atomic E-state index is 0.0692. The van der Waals surface area contributed by atoms with Gasteiger partial charge >= 0.3 is 0 Å². The highest BCUT2D eigenvalue weighted by Crippen LogP contribution is 2.26. The SMILES string of the molecule is O=S(=O)(c1cc(F)cc(Cl)c1)N1CCC2CCC(C1)N2. The van der Waals surface area contributed by atoms with Gasteiger partial charge in [-0.3, -0.25) is 0 Å². The summed E-state index contributed by atoms with van der Waals surface area (Å²) in [5.74, 6) is -0.634. The zero-order valence-corrected chi connectivity index (χ0v) is 12.4. The quantitative estimate of drug-likeness (QED) is 0.907. The first-order valence-corrected chi connectivity index (χ1v) is 8.49. The number of fused-ring (bicyclic) bond motifs is 2. The second-order valence-electron chi connectivity index (χ2n) is 5.39. The molecular weight excluding hydrogens is 303 g/mol. The van der Waals surface area contributed by atoms with Gasteiger partial charge in [-0.1, -0.05) is 11.6 Å². The van der Waals surface area contributed by atoms with Crippen molar-refractivity contribution in [3.8, 4) is 0 Å². The van der Waals surface area contributed by atoms with Crippen LogP contribution in [0.5, 0.6) is 0 Å². The summed E-state index contributed by atoms with van der Waals surface area (Å²) in [7, 11) is -3.68. The third-order valence-electron chi connectivity index (χ3n) is 3.96. The first kappa shape index (κ1) is 14.3. The van der Waals surface area contributed by atoms with Gasteiger partial charge < -0.3 is 5.32 Å². The fourth-order valence-electron chi connectivity index (χ4n) is 2.96. The average molecular weight is 319 g/mol. The van der Waals surface area contributed by atoms with Crippen molar-refractivity contribution in [2.45, 2.75) is 36.2 Å². The Morgan fingerprint density at radius 1 is 1.20 bits per heavy atom. The molecule has 2 fully saturated rings. The first-order valence-electron chi connectivity index (χ1n) is 6.67. The Morgan fingerprint density at radius 2 is 1.95 bits per heavy atom. The van der Waals surface area contributed by atoms with E-state index in [0.29, 0.717) is 19.1 Å². The zero-order chi connectivity index (χ0) is 14.3. The fraction of sp³-hybridized carbons (Fsp3) is 0.538. The molecule has 0 radical (unpaired) electrons. The summed E-state index contributed by atoms with van der Waals surface area (Å²) in [5.41, 5.74) is 0. The van der Waals surface area contributed by atoms with Gasteiger partial charge in [-0.15, -0.1) is 0 Å². The van der Waals surface area contributed by atoms with E-state index in [9.17, 15) is 12.8 Å². The normalized spacial score (nSPS) is 27.5. The van der Waals surface area contributed by atoms with Crippen molar-refractivity contribution in [3.05, 3.63) is 29.0 Å². The summed E-state index contributed by atoms with van der Waals surface area (Å²) in [4.78, 5) is -0.0692. The molecule has 0 saturated carbocycles. The van der Waals surface area contributed by atoms with E-state index in [1.807, 2.05) is 0 Å². The third kappa shape index (κ3) is 2.70. The van der Waals surface area contributed by atoms with Crippen molar-refractivity contribution in [2.24, 2.45) is 0 Å². The molecule has 1 N–H and O–H groups in total. The van der Waals surface area contributed by atoms with Gasteiger partial charge in [-0.2, -0.15) is 4.31 Å². The summed E-state index contributed by atoms with van der Waals surface area (Å²) in [6.07, 6.45) is 2.88. The summed E-state index contributed by atoms with van der Waals surface area (Å²) >= 11 is 5.76. The van der Waals surface area contributed by atoms with Crippen LogP contribution in [0.25, 0.3) is 0 Å². The van der Waals surface area contributed by atoms with Gasteiger partial charge in [-0.05, 0) is 37.5 Å². The molecule has 2 aliphatic heterocycles. The van der Waals surface area contributed by atoms with E-state index in [4.69, 9.17) is 11.6 Å². The molecule has 1 aromatic rings. The highest BCUT2D eigenvalue weighted by atomic mass is 35.5. The van der Waals surface area contributed by atoms with E-state index >= 15 is 0 Å². The molecule has 0 amide bonds. The monoisotopic (exact) mass is 318 g/mol. The number of hydrogen-bond donors (Lipinski definition) is 1. The molecule has 7 heteroatoms. The van der Waals surface area contributed by atoms with E-state index in [2.05, 4.69) is 5.32 Å². The minimum Gasteiger partial charge on any atom is -0.310 e. The second kappa shape index (κ2) is 5.26. The molecule has 1 aromatic carbocycles. The molecule has 2 unspecified atom stereocenters. The number of hydrogen-bond acceptors (Lipinski definition) is 3. The number of nitrogens with one attached hydrogen (secondary N) is 1. The van der Waals surface area contributed by atoms with Crippen LogP contribution in [0.2, 0.25) is 5.02 Å². The Kier molecular flexibility index (Phi) is 3.75. The van der Waals surface area contributed by atoms with Gasteiger partial charge in [0.05, 0.1) is 4.90 Å². The van der Waals surface area contributed by atoms with Crippen molar-refractivity contribution in [1.29, 1.82) is 0 Å². The van der Waals surface area contributed by atoms with Gasteiger partial charge in [0.25, 0.3) is 0 Å². The van der Waals surface area contributed by atoms with E-state index in [1.54, 1.807) is 0 Å². The van der Waals surface area contributed by atoms with Crippen LogP contribution >= 0.6 is 11.6 Å². The summed E-state index contributed by atoms with van der Waals surface area (Å²) < 4.78 is 40.0. The Balaban J connectivity index is 1.91. The Morgan fingerprint density at radius 3 is 2.70 bits per heavy atom. The number of benzene rings is 1. The Labute approximate surface area is 123 Å². The maximum atomic E-state index is 13.4. The number of halogens is 2. The fourth-order valence-corrected chi connectivity index (χ4v) is 4.80. The van der Waals surface area contributed by atoms with E-state index < -0.39 is 15.8 Å². The third-order valence-corrected chi connectivity index (χ3v) is 6.02. The van der Waals surface area contributed by atoms with E-state index in [1.165, 1.54) is 10.4 Å². The van der Waals surface area contributed by atoms with Gasteiger partial charge in [-0.25, -0.2) is 12.8 Å². The van der Waals surface area contributed by atoms with Crippen LogP contribution in [0.3, 0.4) is 0 Å². The lowest BCUT2D eigenvalue weighted by molar-refractivity contribution is 0.383. The molecule has 2 aliphatic rings. The van der Waals surface area contributed by atoms with Crippen LogP contribution in [-0.2, 0) is 10.0 Å². The van der Waals surface area contributed by atoms with Gasteiger partial charge in [0.15, 0.2) is 0 Å². The number of nitrogens with zero attached hydrogens (tertiary/aromatic N) is 1. The molecule has 4 nitrogen and oxygen atoms in total. The summed E-state index contributed by atoms with van der Waals surface area (Å²) in [5, 5.41) is 3.52. The van der Waals surface area contributed by atoms with Crippen LogP contribution in [0.15, 0.2) is 23.1 Å². The highest BCUT2D eigenvalue weighted by molar-refractivity contribution is 7.89. The molecule has 2 bridgehead atoms. The lowest BCUT2D eigenvalue weighted by atomic mass is 10.1. The van der Waals surface area contributed by atoms with Crippen molar-refractivity contribution < 1.29 is 12.8 Å². The summed E-state index contributed by atoms with van der Waals surface area (Å²) in [6.45, 7) is 0.900. The second-order valence-corrected chi connectivity index (χ2v) is 7.77. The van der Waals surface area contributed by atoms with Crippen LogP contribution in [0.4, 0.5) is 4.39 Å². The van der Waals surface area contributed by atoms with Crippen LogP contribution < -0.4 is 5.32 Å². The highest BCUT2D eigenvalue weighted by Gasteiger charge is 2.35. The lowest BCUT2D eigenvalue weighted by Crippen LogP contribution is -2.39. The van der Waals surface area contributed by atoms with Crippen molar-refractivity contribution in [2.75, 3.05) is 13.1 Å². The van der Waals surface area contributed by atoms with Crippen LogP contribution in [-0.4, -0.2) is 37.9 Å². The predicted octanol–water partition coefficient (Wildman–Crippen LogP) is 1.99. The number of rotatable bonds is 2. The van der Waals surface area contributed by atoms with E-state index in [-0.39, 0.29) is 16.0 Å². The van der Waals surface area contributed by atoms with Crippen LogP contribution in [0.1, 0.15) is 19.3 Å². The minimum atomic E-state index is -3.68. The van der Waals surface area contributed by atoms with Crippen molar-refractivity contribution in [3.63, 3.8) is 0 Å². The maximum absolute atomic E-state index is 13.4. The predicted molar refractivity (Wildman–Crippen MR) is 74.7 cm³/mol.